The van der Waals surface area contributed by atoms with Crippen molar-refractivity contribution in [2.45, 2.75) is 50.2 Å². The minimum atomic E-state index is -4.32. The Morgan fingerprint density at radius 2 is 1.85 bits per heavy atom. The number of esters is 2. The number of carbonyl (C=O) groups excluding carboxylic acids is 2. The summed E-state index contributed by atoms with van der Waals surface area (Å²) in [4.78, 5) is 40.8. The minimum absolute atomic E-state index is 0.115. The normalized spacial score (nSPS) is 22.2. The van der Waals surface area contributed by atoms with Gasteiger partial charge < -0.3 is 19.5 Å². The summed E-state index contributed by atoms with van der Waals surface area (Å²) in [7, 11) is -4.32. The fraction of sp³-hybridized carbons (Fsp3) is 0.400. The summed E-state index contributed by atoms with van der Waals surface area (Å²) in [5.74, 6) is -1.15. The number of anilines is 1. The molecule has 1 aromatic heterocycles. The quantitative estimate of drug-likeness (QED) is 0.251. The summed E-state index contributed by atoms with van der Waals surface area (Å²) in [6, 6.07) is 5.96. The van der Waals surface area contributed by atoms with Crippen LogP contribution < -0.4 is 11.0 Å². The number of hydrogen-bond acceptors (Lipinski definition) is 11. The molecule has 2 N–H and O–H groups in total. The number of hydrogen-bond donors (Lipinski definition) is 2. The van der Waals surface area contributed by atoms with Gasteiger partial charge in [0.05, 0.1) is 8.47 Å². The maximum atomic E-state index is 13.0. The van der Waals surface area contributed by atoms with Crippen LogP contribution in [0, 0.1) is 10.5 Å². The Balaban J connectivity index is 1.96. The van der Waals surface area contributed by atoms with Crippen LogP contribution in [0.4, 0.5) is 5.82 Å². The highest BCUT2D eigenvalue weighted by atomic mass is 127. The number of rotatable bonds is 8. The molecule has 1 aliphatic heterocycles. The van der Waals surface area contributed by atoms with Crippen LogP contribution in [0.5, 0.6) is 0 Å². The van der Waals surface area contributed by atoms with Gasteiger partial charge in [-0.2, -0.15) is 8.42 Å². The fourth-order valence-electron chi connectivity index (χ4n) is 3.15. The van der Waals surface area contributed by atoms with E-state index >= 15 is 0 Å². The first-order valence-corrected chi connectivity index (χ1v) is 12.4. The van der Waals surface area contributed by atoms with Gasteiger partial charge in [-0.25, -0.2) is 9.78 Å². The molecule has 0 bridgehead atoms. The van der Waals surface area contributed by atoms with Crippen molar-refractivity contribution in [2.24, 2.45) is 0 Å². The van der Waals surface area contributed by atoms with E-state index in [1.807, 2.05) is 22.6 Å². The minimum Gasteiger partial charge on any atom is -0.463 e. The van der Waals surface area contributed by atoms with Crippen LogP contribution in [-0.4, -0.2) is 61.5 Å². The Labute approximate surface area is 208 Å². The first-order valence-electron chi connectivity index (χ1n) is 9.93. The molecule has 0 amide bonds. The smallest absolute Gasteiger partial charge is 0.346 e. The van der Waals surface area contributed by atoms with Crippen molar-refractivity contribution in [1.82, 2.24) is 9.97 Å². The summed E-state index contributed by atoms with van der Waals surface area (Å²) < 4.78 is 48.1. The van der Waals surface area contributed by atoms with Crippen molar-refractivity contribution in [3.8, 4) is 0 Å². The summed E-state index contributed by atoms with van der Waals surface area (Å²) in [5.41, 5.74) is 0.204. The van der Waals surface area contributed by atoms with Gasteiger partial charge in [0.2, 0.25) is 0 Å². The van der Waals surface area contributed by atoms with Crippen LogP contribution in [0.3, 0.4) is 0 Å². The number of aromatic nitrogens is 2. The van der Waals surface area contributed by atoms with Gasteiger partial charge >= 0.3 is 17.6 Å². The lowest BCUT2D eigenvalue weighted by atomic mass is 10.1. The Bertz CT molecular complexity index is 1220. The van der Waals surface area contributed by atoms with Crippen LogP contribution in [0.2, 0.25) is 0 Å². The molecule has 1 aliphatic rings. The van der Waals surface area contributed by atoms with E-state index in [1.54, 1.807) is 19.1 Å². The lowest BCUT2D eigenvalue weighted by molar-refractivity contribution is -0.151. The molecule has 12 nitrogen and oxygen atoms in total. The predicted octanol–water partition coefficient (Wildman–Crippen LogP) is 1.09. The third-order valence-corrected chi connectivity index (χ3v) is 6.81. The van der Waals surface area contributed by atoms with Crippen LogP contribution in [0.15, 0.2) is 40.2 Å². The molecule has 4 atom stereocenters. The first kappa shape index (κ1) is 26.1. The molecule has 1 fully saturated rings. The second-order valence-electron chi connectivity index (χ2n) is 7.36. The van der Waals surface area contributed by atoms with Crippen molar-refractivity contribution in [3.05, 3.63) is 50.1 Å². The van der Waals surface area contributed by atoms with E-state index in [0.717, 1.165) is 12.5 Å². The second-order valence-corrected chi connectivity index (χ2v) is 10.1. The summed E-state index contributed by atoms with van der Waals surface area (Å²) >= 11 is 1.91. The lowest BCUT2D eigenvalue weighted by Gasteiger charge is -2.24. The Kier molecular flexibility index (Phi) is 8.27. The molecule has 14 heteroatoms. The molecule has 0 aliphatic carbocycles. The van der Waals surface area contributed by atoms with Crippen LogP contribution in [0.25, 0.3) is 0 Å². The molecule has 34 heavy (non-hydrogen) atoms. The predicted molar refractivity (Wildman–Crippen MR) is 125 cm³/mol. The van der Waals surface area contributed by atoms with Gasteiger partial charge in [0.1, 0.15) is 24.6 Å². The molecule has 2 aromatic rings. The molecule has 184 valence electrons. The zero-order valence-corrected chi connectivity index (χ0v) is 21.3. The van der Waals surface area contributed by atoms with Crippen LogP contribution in [0.1, 0.15) is 19.4 Å². The van der Waals surface area contributed by atoms with E-state index in [0.29, 0.717) is 3.57 Å². The highest BCUT2D eigenvalue weighted by molar-refractivity contribution is 14.1. The molecule has 0 saturated carbocycles. The summed E-state index contributed by atoms with van der Waals surface area (Å²) in [5, 5.41) is 2.87. The molecule has 2 heterocycles. The van der Waals surface area contributed by atoms with Gasteiger partial charge in [-0.05, 0) is 41.6 Å². The molecular formula is C20H22IN3O9S. The van der Waals surface area contributed by atoms with E-state index in [9.17, 15) is 22.8 Å². The maximum Gasteiger partial charge on any atom is 0.346 e. The molecule has 1 saturated heterocycles. The van der Waals surface area contributed by atoms with Crippen molar-refractivity contribution < 1.29 is 36.4 Å². The molecule has 0 unspecified atom stereocenters. The fourth-order valence-corrected chi connectivity index (χ4v) is 4.68. The van der Waals surface area contributed by atoms with Crippen molar-refractivity contribution in [1.29, 1.82) is 0 Å². The largest absolute Gasteiger partial charge is 0.463 e. The van der Waals surface area contributed by atoms with Gasteiger partial charge in [-0.3, -0.25) is 18.8 Å². The number of ether oxygens (including phenoxy) is 3. The SMILES string of the molecule is CC(=O)OC[C@H]1O[C@@H](Nc2[nH]c(=O)ncc2I)[C@H](OC(C)=O)[C@H]1OS(=O)(=O)c1ccc(C)cc1. The third-order valence-electron chi connectivity index (χ3n) is 4.66. The Morgan fingerprint density at radius 1 is 1.18 bits per heavy atom. The van der Waals surface area contributed by atoms with Gasteiger partial charge in [-0.15, -0.1) is 0 Å². The topological polar surface area (TPSA) is 163 Å². The maximum absolute atomic E-state index is 13.0. The van der Waals surface area contributed by atoms with Gasteiger partial charge in [-0.1, -0.05) is 17.7 Å². The monoisotopic (exact) mass is 607 g/mol. The second kappa shape index (κ2) is 10.8. The molecule has 1 aromatic carbocycles. The highest BCUT2D eigenvalue weighted by Gasteiger charge is 2.51. The molecular weight excluding hydrogens is 585 g/mol. The van der Waals surface area contributed by atoms with E-state index in [2.05, 4.69) is 15.3 Å². The third kappa shape index (κ3) is 6.52. The van der Waals surface area contributed by atoms with Gasteiger partial charge in [0.15, 0.2) is 12.3 Å². The zero-order chi connectivity index (χ0) is 25.0. The number of nitrogens with one attached hydrogen (secondary N) is 2. The number of halogens is 1. The Hall–Kier alpha value is -2.56. The van der Waals surface area contributed by atoms with Crippen molar-refractivity contribution in [3.63, 3.8) is 0 Å². The van der Waals surface area contributed by atoms with E-state index in [1.165, 1.54) is 25.3 Å². The molecule has 0 spiro atoms. The van der Waals surface area contributed by atoms with Crippen molar-refractivity contribution >= 4 is 50.5 Å². The summed E-state index contributed by atoms with van der Waals surface area (Å²) in [6.07, 6.45) is -3.64. The van der Waals surface area contributed by atoms with E-state index < -0.39 is 52.3 Å². The summed E-state index contributed by atoms with van der Waals surface area (Å²) in [6.45, 7) is 3.75. The van der Waals surface area contributed by atoms with E-state index in [-0.39, 0.29) is 17.3 Å². The highest BCUT2D eigenvalue weighted by Crippen LogP contribution is 2.31. The van der Waals surface area contributed by atoms with Crippen LogP contribution >= 0.6 is 22.6 Å². The number of aromatic amines is 1. The van der Waals surface area contributed by atoms with Gasteiger partial charge in [0, 0.05) is 20.0 Å². The average molecular weight is 607 g/mol. The number of nitrogens with zero attached hydrogens (tertiary/aromatic N) is 1. The lowest BCUT2D eigenvalue weighted by Crippen LogP contribution is -2.43. The number of carbonyl (C=O) groups is 2. The van der Waals surface area contributed by atoms with Crippen LogP contribution in [-0.2, 0) is 38.1 Å². The van der Waals surface area contributed by atoms with E-state index in [4.69, 9.17) is 18.4 Å². The van der Waals surface area contributed by atoms with Crippen molar-refractivity contribution in [2.75, 3.05) is 11.9 Å². The molecule has 0 radical (unpaired) electrons. The first-order chi connectivity index (χ1) is 16.0. The number of aryl methyl sites for hydroxylation is 1. The Morgan fingerprint density at radius 3 is 2.47 bits per heavy atom. The number of H-pyrrole nitrogens is 1. The standard InChI is InChI=1S/C20H22IN3O9S/c1-10-4-6-13(7-5-10)34(28,29)33-16-15(9-30-11(2)25)32-19(17(16)31-12(3)26)23-18-14(21)8-22-20(27)24-18/h4-8,15-17,19H,9H2,1-3H3,(H2,22,23,24,27)/t15-,16+,17-,19-/m1/s1. The molecule has 3 rings (SSSR count). The number of benzene rings is 1. The van der Waals surface area contributed by atoms with Gasteiger partial charge in [0.25, 0.3) is 10.1 Å². The average Bonchev–Trinajstić information content (AvgIpc) is 3.04. The zero-order valence-electron chi connectivity index (χ0n) is 18.3.